The number of fused-ring (bicyclic) bond motifs is 1. The third kappa shape index (κ3) is 2.31. The number of para-hydroxylation sites is 1. The minimum Gasteiger partial charge on any atom is -0.457 e. The summed E-state index contributed by atoms with van der Waals surface area (Å²) in [6.07, 6.45) is 2.51. The number of hydrogen-bond acceptors (Lipinski definition) is 3. The molecule has 0 bridgehead atoms. The fraction of sp³-hybridized carbons (Fsp3) is 0. The first kappa shape index (κ1) is 11.4. The molecule has 0 fully saturated rings. The molecule has 0 saturated carbocycles. The van der Waals surface area contributed by atoms with Gasteiger partial charge in [-0.2, -0.15) is 0 Å². The smallest absolute Gasteiger partial charge is 0.150 e. The van der Waals surface area contributed by atoms with Gasteiger partial charge < -0.3 is 4.74 Å². The summed E-state index contributed by atoms with van der Waals surface area (Å²) in [5, 5.41) is 0.946. The minimum atomic E-state index is 0.593. The van der Waals surface area contributed by atoms with Crippen LogP contribution in [0.15, 0.2) is 60.8 Å². The van der Waals surface area contributed by atoms with E-state index in [9.17, 15) is 4.79 Å². The van der Waals surface area contributed by atoms with Crippen LogP contribution in [0.4, 0.5) is 0 Å². The maximum atomic E-state index is 10.8. The highest BCUT2D eigenvalue weighted by atomic mass is 16.5. The van der Waals surface area contributed by atoms with Crippen LogP contribution in [0.1, 0.15) is 10.4 Å². The predicted molar refractivity (Wildman–Crippen MR) is 73.6 cm³/mol. The first-order valence-corrected chi connectivity index (χ1v) is 5.94. The highest BCUT2D eigenvalue weighted by Gasteiger charge is 2.04. The number of rotatable bonds is 3. The van der Waals surface area contributed by atoms with Crippen LogP contribution in [0.2, 0.25) is 0 Å². The normalized spacial score (nSPS) is 10.3. The molecule has 0 aliphatic carbocycles. The van der Waals surface area contributed by atoms with E-state index in [2.05, 4.69) is 4.98 Å². The Hall–Kier alpha value is -2.68. The summed E-state index contributed by atoms with van der Waals surface area (Å²) in [6.45, 7) is 0. The van der Waals surface area contributed by atoms with Crippen LogP contribution >= 0.6 is 0 Å². The lowest BCUT2D eigenvalue weighted by atomic mass is 10.2. The van der Waals surface area contributed by atoms with Gasteiger partial charge in [0.15, 0.2) is 0 Å². The fourth-order valence-electron chi connectivity index (χ4n) is 1.94. The van der Waals surface area contributed by atoms with Gasteiger partial charge in [-0.1, -0.05) is 24.3 Å². The number of carbonyl (C=O) groups excluding carboxylic acids is 1. The van der Waals surface area contributed by atoms with Crippen LogP contribution in [0.3, 0.4) is 0 Å². The Morgan fingerprint density at radius 2 is 1.89 bits per heavy atom. The first-order chi connectivity index (χ1) is 9.36. The average Bonchev–Trinajstić information content (AvgIpc) is 2.48. The quantitative estimate of drug-likeness (QED) is 0.662. The van der Waals surface area contributed by atoms with Gasteiger partial charge in [0.05, 0.1) is 5.52 Å². The van der Waals surface area contributed by atoms with Gasteiger partial charge in [0.25, 0.3) is 0 Å². The molecule has 3 aromatic rings. The third-order valence-electron chi connectivity index (χ3n) is 2.83. The van der Waals surface area contributed by atoms with Gasteiger partial charge in [-0.15, -0.1) is 0 Å². The molecular weight excluding hydrogens is 238 g/mol. The second-order valence-corrected chi connectivity index (χ2v) is 4.12. The van der Waals surface area contributed by atoms with Gasteiger partial charge in [0.2, 0.25) is 0 Å². The maximum absolute atomic E-state index is 10.8. The monoisotopic (exact) mass is 249 g/mol. The molecule has 3 nitrogen and oxygen atoms in total. The van der Waals surface area contributed by atoms with Crippen LogP contribution in [-0.4, -0.2) is 11.3 Å². The summed E-state index contributed by atoms with van der Waals surface area (Å²) in [5.74, 6) is 1.37. The molecule has 0 saturated heterocycles. The topological polar surface area (TPSA) is 39.2 Å². The van der Waals surface area contributed by atoms with Crippen molar-refractivity contribution < 1.29 is 9.53 Å². The van der Waals surface area contributed by atoms with E-state index < -0.39 is 0 Å². The largest absolute Gasteiger partial charge is 0.457 e. The van der Waals surface area contributed by atoms with Crippen molar-refractivity contribution in [2.24, 2.45) is 0 Å². The summed E-state index contributed by atoms with van der Waals surface area (Å²) in [7, 11) is 0. The molecule has 0 spiro atoms. The number of aldehydes is 1. The molecule has 3 heteroatoms. The molecule has 0 radical (unpaired) electrons. The Morgan fingerprint density at radius 1 is 1.00 bits per heavy atom. The Morgan fingerprint density at radius 3 is 2.79 bits per heavy atom. The summed E-state index contributed by atoms with van der Waals surface area (Å²) < 4.78 is 5.84. The molecule has 0 aliphatic rings. The molecule has 0 aliphatic heterocycles. The van der Waals surface area contributed by atoms with Crippen LogP contribution in [0, 0.1) is 0 Å². The molecule has 19 heavy (non-hydrogen) atoms. The fourth-order valence-corrected chi connectivity index (χ4v) is 1.94. The van der Waals surface area contributed by atoms with Crippen LogP contribution < -0.4 is 4.74 Å². The van der Waals surface area contributed by atoms with Crippen molar-refractivity contribution in [2.75, 3.05) is 0 Å². The minimum absolute atomic E-state index is 0.593. The van der Waals surface area contributed by atoms with Crippen LogP contribution in [0.5, 0.6) is 11.5 Å². The number of aromatic nitrogens is 1. The van der Waals surface area contributed by atoms with Crippen molar-refractivity contribution >= 4 is 17.2 Å². The van der Waals surface area contributed by atoms with E-state index >= 15 is 0 Å². The van der Waals surface area contributed by atoms with Crippen molar-refractivity contribution in [1.82, 2.24) is 4.98 Å². The average molecular weight is 249 g/mol. The lowest BCUT2D eigenvalue weighted by Gasteiger charge is -2.08. The van der Waals surface area contributed by atoms with Crippen molar-refractivity contribution in [1.29, 1.82) is 0 Å². The van der Waals surface area contributed by atoms with Gasteiger partial charge in [-0.25, -0.2) is 0 Å². The highest BCUT2D eigenvalue weighted by molar-refractivity contribution is 5.85. The number of pyridine rings is 1. The van der Waals surface area contributed by atoms with E-state index in [1.165, 1.54) is 0 Å². The van der Waals surface area contributed by atoms with Gasteiger partial charge in [0, 0.05) is 17.1 Å². The highest BCUT2D eigenvalue weighted by Crippen LogP contribution is 2.28. The lowest BCUT2D eigenvalue weighted by molar-refractivity contribution is 0.112. The Bertz CT molecular complexity index is 732. The molecule has 0 N–H and O–H groups in total. The number of benzene rings is 2. The summed E-state index contributed by atoms with van der Waals surface area (Å²) in [5.41, 5.74) is 1.47. The van der Waals surface area contributed by atoms with Gasteiger partial charge in [-0.3, -0.25) is 9.78 Å². The van der Waals surface area contributed by atoms with E-state index in [0.717, 1.165) is 22.9 Å². The standard InChI is InChI=1S/C16H11NO2/c18-11-12-4-3-5-13(10-12)19-16-8-9-17-15-7-2-1-6-14(15)16/h1-11H. The Balaban J connectivity index is 2.03. The van der Waals surface area contributed by atoms with Crippen molar-refractivity contribution in [3.05, 3.63) is 66.4 Å². The second-order valence-electron chi connectivity index (χ2n) is 4.12. The molecule has 1 aromatic heterocycles. The third-order valence-corrected chi connectivity index (χ3v) is 2.83. The van der Waals surface area contributed by atoms with Crippen molar-refractivity contribution in [2.45, 2.75) is 0 Å². The molecule has 92 valence electrons. The summed E-state index contributed by atoms with van der Waals surface area (Å²) >= 11 is 0. The summed E-state index contributed by atoms with van der Waals surface area (Å²) in [6, 6.07) is 16.7. The second kappa shape index (κ2) is 4.90. The number of carbonyl (C=O) groups is 1. The predicted octanol–water partition coefficient (Wildman–Crippen LogP) is 3.84. The first-order valence-electron chi connectivity index (χ1n) is 5.94. The molecule has 0 amide bonds. The number of hydrogen-bond donors (Lipinski definition) is 0. The Labute approximate surface area is 110 Å². The van der Waals surface area contributed by atoms with E-state index in [4.69, 9.17) is 4.74 Å². The number of nitrogens with zero attached hydrogens (tertiary/aromatic N) is 1. The van der Waals surface area contributed by atoms with Crippen LogP contribution in [-0.2, 0) is 0 Å². The zero-order valence-corrected chi connectivity index (χ0v) is 10.1. The lowest BCUT2D eigenvalue weighted by Crippen LogP contribution is -1.88. The van der Waals surface area contributed by atoms with E-state index in [0.29, 0.717) is 11.3 Å². The van der Waals surface area contributed by atoms with Gasteiger partial charge >= 0.3 is 0 Å². The molecule has 0 unspecified atom stereocenters. The van der Waals surface area contributed by atoms with E-state index in [-0.39, 0.29) is 0 Å². The molecule has 1 heterocycles. The number of ether oxygens (including phenoxy) is 1. The van der Waals surface area contributed by atoms with E-state index in [1.807, 2.05) is 36.4 Å². The van der Waals surface area contributed by atoms with Crippen LogP contribution in [0.25, 0.3) is 10.9 Å². The maximum Gasteiger partial charge on any atom is 0.150 e. The SMILES string of the molecule is O=Cc1cccc(Oc2ccnc3ccccc23)c1. The zero-order chi connectivity index (χ0) is 13.1. The van der Waals surface area contributed by atoms with Crippen molar-refractivity contribution in [3.63, 3.8) is 0 Å². The molecule has 3 rings (SSSR count). The van der Waals surface area contributed by atoms with E-state index in [1.54, 1.807) is 24.4 Å². The van der Waals surface area contributed by atoms with Gasteiger partial charge in [0.1, 0.15) is 17.8 Å². The molecule has 2 aromatic carbocycles. The molecule has 0 atom stereocenters. The van der Waals surface area contributed by atoms with Gasteiger partial charge in [-0.05, 0) is 30.3 Å². The molecular formula is C16H11NO2. The summed E-state index contributed by atoms with van der Waals surface area (Å²) in [4.78, 5) is 15.0. The van der Waals surface area contributed by atoms with Crippen molar-refractivity contribution in [3.8, 4) is 11.5 Å². The zero-order valence-electron chi connectivity index (χ0n) is 10.1. The Kier molecular flexibility index (Phi) is 2.94.